The second-order valence-corrected chi connectivity index (χ2v) is 2.06. The van der Waals surface area contributed by atoms with E-state index in [1.807, 2.05) is 5.43 Å². The van der Waals surface area contributed by atoms with Crippen molar-refractivity contribution in [2.45, 2.75) is 13.5 Å². The number of amides is 2. The Labute approximate surface area is 68.3 Å². The van der Waals surface area contributed by atoms with Crippen molar-refractivity contribution in [3.05, 3.63) is 11.7 Å². The van der Waals surface area contributed by atoms with Gasteiger partial charge in [0, 0.05) is 0 Å². The van der Waals surface area contributed by atoms with Crippen LogP contribution in [0.15, 0.2) is 4.52 Å². The Morgan fingerprint density at radius 1 is 1.75 bits per heavy atom. The molecule has 7 heteroatoms. The third kappa shape index (κ3) is 2.20. The van der Waals surface area contributed by atoms with Crippen LogP contribution in [0.1, 0.15) is 11.7 Å². The first-order valence-corrected chi connectivity index (χ1v) is 3.26. The summed E-state index contributed by atoms with van der Waals surface area (Å²) >= 11 is 0. The quantitative estimate of drug-likeness (QED) is 0.302. The molecular formula is C5H9N5O2. The van der Waals surface area contributed by atoms with E-state index >= 15 is 0 Å². The molecule has 1 rings (SSSR count). The number of nitrogens with zero attached hydrogens (tertiary/aromatic N) is 2. The maximum Gasteiger partial charge on any atom is 0.329 e. The van der Waals surface area contributed by atoms with Crippen molar-refractivity contribution in [1.82, 2.24) is 20.9 Å². The molecule has 4 N–H and O–H groups in total. The molecule has 0 spiro atoms. The highest BCUT2D eigenvalue weighted by Gasteiger charge is 2.03. The molecule has 1 heterocycles. The fourth-order valence-electron chi connectivity index (χ4n) is 0.619. The zero-order chi connectivity index (χ0) is 8.97. The van der Waals surface area contributed by atoms with Crippen LogP contribution in [0, 0.1) is 6.92 Å². The number of hydrogen-bond acceptors (Lipinski definition) is 5. The minimum Gasteiger partial charge on any atom is -0.337 e. The van der Waals surface area contributed by atoms with Crippen LogP contribution in [-0.4, -0.2) is 16.2 Å². The zero-order valence-corrected chi connectivity index (χ0v) is 6.50. The Kier molecular flexibility index (Phi) is 2.59. The summed E-state index contributed by atoms with van der Waals surface area (Å²) in [7, 11) is 0. The molecule has 0 unspecified atom stereocenters. The maximum atomic E-state index is 10.6. The van der Waals surface area contributed by atoms with Crippen molar-refractivity contribution in [3.8, 4) is 0 Å². The number of hydrogen-bond donors (Lipinski definition) is 3. The number of aryl methyl sites for hydroxylation is 1. The van der Waals surface area contributed by atoms with Gasteiger partial charge in [0.05, 0.1) is 6.54 Å². The van der Waals surface area contributed by atoms with Gasteiger partial charge >= 0.3 is 6.03 Å². The fourth-order valence-corrected chi connectivity index (χ4v) is 0.619. The molecule has 0 atom stereocenters. The summed E-state index contributed by atoms with van der Waals surface area (Å²) in [6.07, 6.45) is 0. The molecule has 66 valence electrons. The number of hydrazine groups is 1. The largest absolute Gasteiger partial charge is 0.337 e. The first-order valence-electron chi connectivity index (χ1n) is 3.26. The topological polar surface area (TPSA) is 106 Å². The second-order valence-electron chi connectivity index (χ2n) is 2.06. The van der Waals surface area contributed by atoms with Gasteiger partial charge < -0.3 is 9.84 Å². The normalized spacial score (nSPS) is 9.50. The number of aromatic nitrogens is 2. The Morgan fingerprint density at radius 2 is 2.50 bits per heavy atom. The molecule has 0 bridgehead atoms. The third-order valence-electron chi connectivity index (χ3n) is 1.10. The monoisotopic (exact) mass is 171 g/mol. The van der Waals surface area contributed by atoms with E-state index in [1.54, 1.807) is 6.92 Å². The van der Waals surface area contributed by atoms with E-state index < -0.39 is 6.03 Å². The maximum absolute atomic E-state index is 10.6. The van der Waals surface area contributed by atoms with Gasteiger partial charge in [-0.3, -0.25) is 5.43 Å². The number of carbonyl (C=O) groups is 1. The summed E-state index contributed by atoms with van der Waals surface area (Å²) < 4.78 is 4.71. The van der Waals surface area contributed by atoms with E-state index in [9.17, 15) is 4.79 Å². The van der Waals surface area contributed by atoms with Crippen LogP contribution < -0.4 is 16.6 Å². The number of nitrogens with one attached hydrogen (secondary N) is 2. The third-order valence-corrected chi connectivity index (χ3v) is 1.10. The molecule has 0 fully saturated rings. The van der Waals surface area contributed by atoms with Crippen molar-refractivity contribution < 1.29 is 9.32 Å². The van der Waals surface area contributed by atoms with Crippen molar-refractivity contribution in [2.75, 3.05) is 0 Å². The molecule has 1 aromatic heterocycles. The van der Waals surface area contributed by atoms with Gasteiger partial charge in [-0.15, -0.1) is 0 Å². The molecule has 7 nitrogen and oxygen atoms in total. The van der Waals surface area contributed by atoms with Crippen LogP contribution in [-0.2, 0) is 6.54 Å². The van der Waals surface area contributed by atoms with Gasteiger partial charge in [-0.1, -0.05) is 5.16 Å². The Balaban J connectivity index is 2.38. The van der Waals surface area contributed by atoms with Gasteiger partial charge in [0.25, 0.3) is 0 Å². The molecular weight excluding hydrogens is 162 g/mol. The summed E-state index contributed by atoms with van der Waals surface area (Å²) in [5.74, 6) is 5.68. The number of carbonyl (C=O) groups excluding carboxylic acids is 1. The van der Waals surface area contributed by atoms with Crippen molar-refractivity contribution in [1.29, 1.82) is 0 Å². The minimum absolute atomic E-state index is 0.171. The summed E-state index contributed by atoms with van der Waals surface area (Å²) in [5, 5.41) is 5.92. The van der Waals surface area contributed by atoms with E-state index in [4.69, 9.17) is 10.4 Å². The lowest BCUT2D eigenvalue weighted by molar-refractivity contribution is 0.238. The Morgan fingerprint density at radius 3 is 3.00 bits per heavy atom. The molecule has 0 aliphatic heterocycles. The highest BCUT2D eigenvalue weighted by Crippen LogP contribution is 1.93. The van der Waals surface area contributed by atoms with Gasteiger partial charge in [0.1, 0.15) is 0 Å². The average molecular weight is 171 g/mol. The van der Waals surface area contributed by atoms with Crippen LogP contribution in [0.3, 0.4) is 0 Å². The standard InChI is InChI=1S/C5H9N5O2/c1-3-8-4(12-10-3)2-7-5(11)9-6/h2,6H2,1H3,(H2,7,9,11). The van der Waals surface area contributed by atoms with E-state index in [0.29, 0.717) is 11.7 Å². The molecule has 0 radical (unpaired) electrons. The van der Waals surface area contributed by atoms with Crippen LogP contribution in [0.2, 0.25) is 0 Å². The number of urea groups is 1. The van der Waals surface area contributed by atoms with Gasteiger partial charge in [0.2, 0.25) is 5.89 Å². The molecule has 0 saturated carbocycles. The molecule has 0 saturated heterocycles. The van der Waals surface area contributed by atoms with Crippen molar-refractivity contribution >= 4 is 6.03 Å². The van der Waals surface area contributed by atoms with Crippen LogP contribution in [0.5, 0.6) is 0 Å². The van der Waals surface area contributed by atoms with E-state index in [-0.39, 0.29) is 6.54 Å². The van der Waals surface area contributed by atoms with Crippen LogP contribution in [0.4, 0.5) is 4.79 Å². The minimum atomic E-state index is -0.495. The summed E-state index contributed by atoms with van der Waals surface area (Å²) in [6.45, 7) is 1.86. The molecule has 1 aromatic rings. The lowest BCUT2D eigenvalue weighted by Crippen LogP contribution is -2.39. The summed E-state index contributed by atoms with van der Waals surface area (Å²) in [5.41, 5.74) is 1.90. The molecule has 2 amide bonds. The van der Waals surface area contributed by atoms with E-state index in [0.717, 1.165) is 0 Å². The fraction of sp³-hybridized carbons (Fsp3) is 0.400. The van der Waals surface area contributed by atoms with Gasteiger partial charge in [-0.25, -0.2) is 10.6 Å². The molecule has 0 aromatic carbocycles. The number of rotatable bonds is 2. The predicted molar refractivity (Wildman–Crippen MR) is 38.6 cm³/mol. The van der Waals surface area contributed by atoms with E-state index in [1.165, 1.54) is 0 Å². The van der Waals surface area contributed by atoms with Gasteiger partial charge in [-0.2, -0.15) is 4.98 Å². The van der Waals surface area contributed by atoms with Gasteiger partial charge in [-0.05, 0) is 6.92 Å². The highest BCUT2D eigenvalue weighted by molar-refractivity contribution is 5.72. The Hall–Kier alpha value is -1.63. The summed E-state index contributed by atoms with van der Waals surface area (Å²) in [6, 6.07) is -0.495. The molecule has 0 aliphatic rings. The summed E-state index contributed by atoms with van der Waals surface area (Å²) in [4.78, 5) is 14.4. The first-order chi connectivity index (χ1) is 5.72. The molecule has 0 aliphatic carbocycles. The lowest BCUT2D eigenvalue weighted by atomic mass is 10.6. The molecule has 12 heavy (non-hydrogen) atoms. The van der Waals surface area contributed by atoms with Crippen molar-refractivity contribution in [3.63, 3.8) is 0 Å². The van der Waals surface area contributed by atoms with Crippen LogP contribution in [0.25, 0.3) is 0 Å². The van der Waals surface area contributed by atoms with Crippen LogP contribution >= 0.6 is 0 Å². The smallest absolute Gasteiger partial charge is 0.329 e. The second kappa shape index (κ2) is 3.67. The number of nitrogens with two attached hydrogens (primary N) is 1. The van der Waals surface area contributed by atoms with Crippen molar-refractivity contribution in [2.24, 2.45) is 5.84 Å². The lowest BCUT2D eigenvalue weighted by Gasteiger charge is -1.98. The predicted octanol–water partition coefficient (Wildman–Crippen LogP) is -0.949. The highest BCUT2D eigenvalue weighted by atomic mass is 16.5. The first kappa shape index (κ1) is 8.47. The van der Waals surface area contributed by atoms with E-state index in [2.05, 4.69) is 15.5 Å². The SMILES string of the molecule is Cc1noc(CNC(=O)NN)n1. The Bertz CT molecular complexity index is 271. The zero-order valence-electron chi connectivity index (χ0n) is 6.50. The van der Waals surface area contributed by atoms with Gasteiger partial charge in [0.15, 0.2) is 5.82 Å². The average Bonchev–Trinajstić information content (AvgIpc) is 2.47.